The summed E-state index contributed by atoms with van der Waals surface area (Å²) in [6.45, 7) is 6.06. The van der Waals surface area contributed by atoms with E-state index in [1.807, 2.05) is 0 Å². The highest BCUT2D eigenvalue weighted by Crippen LogP contribution is 2.25. The molecule has 2 aliphatic heterocycles. The standard InChI is InChI=1S/C19H19N5O6/c1-19(2,3)29-18(28)22-8-11(9-22)23-10-14(20-21-23)17(27)30-24-15(25)12-6-4-5-7-13(12)16(24)26/h4-7,10-11H,8-9H2,1-3H3. The fraction of sp³-hybridized carbons (Fsp3) is 0.368. The zero-order valence-corrected chi connectivity index (χ0v) is 16.6. The number of benzene rings is 1. The molecule has 11 nitrogen and oxygen atoms in total. The number of fused-ring (bicyclic) bond motifs is 1. The molecular weight excluding hydrogens is 394 g/mol. The van der Waals surface area contributed by atoms with Crippen molar-refractivity contribution < 1.29 is 28.8 Å². The molecule has 0 atom stereocenters. The molecule has 0 saturated carbocycles. The molecule has 11 heteroatoms. The van der Waals surface area contributed by atoms with Crippen LogP contribution in [0, 0.1) is 0 Å². The molecule has 0 radical (unpaired) electrons. The first-order valence-corrected chi connectivity index (χ1v) is 9.24. The van der Waals surface area contributed by atoms with E-state index in [1.54, 1.807) is 32.9 Å². The lowest BCUT2D eigenvalue weighted by Crippen LogP contribution is -2.52. The molecule has 0 spiro atoms. The molecule has 3 heterocycles. The van der Waals surface area contributed by atoms with Gasteiger partial charge in [0.15, 0.2) is 5.69 Å². The van der Waals surface area contributed by atoms with Crippen molar-refractivity contribution in [2.24, 2.45) is 0 Å². The van der Waals surface area contributed by atoms with E-state index in [4.69, 9.17) is 9.57 Å². The quantitative estimate of drug-likeness (QED) is 0.693. The van der Waals surface area contributed by atoms with Crippen LogP contribution >= 0.6 is 0 Å². The van der Waals surface area contributed by atoms with Crippen molar-refractivity contribution in [2.75, 3.05) is 13.1 Å². The van der Waals surface area contributed by atoms with Crippen LogP contribution in [-0.2, 0) is 9.57 Å². The number of aromatic nitrogens is 3. The third-order valence-electron chi connectivity index (χ3n) is 4.54. The topological polar surface area (TPSA) is 124 Å². The second kappa shape index (κ2) is 6.94. The molecular formula is C19H19N5O6. The highest BCUT2D eigenvalue weighted by atomic mass is 16.7. The first-order chi connectivity index (χ1) is 14.1. The lowest BCUT2D eigenvalue weighted by molar-refractivity contribution is -0.0588. The van der Waals surface area contributed by atoms with Crippen molar-refractivity contribution in [3.8, 4) is 0 Å². The fourth-order valence-corrected chi connectivity index (χ4v) is 3.03. The van der Waals surface area contributed by atoms with Crippen LogP contribution in [0.4, 0.5) is 4.79 Å². The van der Waals surface area contributed by atoms with E-state index < -0.39 is 29.5 Å². The van der Waals surface area contributed by atoms with Gasteiger partial charge in [-0.2, -0.15) is 0 Å². The van der Waals surface area contributed by atoms with Crippen LogP contribution < -0.4 is 0 Å². The first-order valence-electron chi connectivity index (χ1n) is 9.24. The maximum Gasteiger partial charge on any atom is 0.410 e. The molecule has 0 bridgehead atoms. The Balaban J connectivity index is 1.36. The van der Waals surface area contributed by atoms with E-state index in [1.165, 1.54) is 27.9 Å². The van der Waals surface area contributed by atoms with E-state index in [-0.39, 0.29) is 22.9 Å². The molecule has 4 rings (SSSR count). The van der Waals surface area contributed by atoms with Crippen LogP contribution in [-0.4, -0.2) is 67.5 Å². The van der Waals surface area contributed by atoms with Crippen LogP contribution in [0.25, 0.3) is 0 Å². The monoisotopic (exact) mass is 413 g/mol. The number of rotatable bonds is 3. The van der Waals surface area contributed by atoms with Crippen LogP contribution in [0.15, 0.2) is 30.5 Å². The molecule has 0 aliphatic carbocycles. The highest BCUT2D eigenvalue weighted by molar-refractivity contribution is 6.21. The van der Waals surface area contributed by atoms with Crippen molar-refractivity contribution in [3.05, 3.63) is 47.3 Å². The molecule has 1 aromatic heterocycles. The van der Waals surface area contributed by atoms with Crippen molar-refractivity contribution >= 4 is 23.9 Å². The Bertz CT molecular complexity index is 1010. The van der Waals surface area contributed by atoms with Gasteiger partial charge in [0.05, 0.1) is 23.4 Å². The Morgan fingerprint density at radius 1 is 1.07 bits per heavy atom. The van der Waals surface area contributed by atoms with Gasteiger partial charge in [-0.05, 0) is 32.9 Å². The van der Waals surface area contributed by atoms with Crippen molar-refractivity contribution in [3.63, 3.8) is 0 Å². The minimum absolute atomic E-state index is 0.163. The maximum atomic E-state index is 12.3. The summed E-state index contributed by atoms with van der Waals surface area (Å²) in [4.78, 5) is 55.4. The Morgan fingerprint density at radius 2 is 1.67 bits per heavy atom. The number of imide groups is 1. The number of likely N-dealkylation sites (tertiary alicyclic amines) is 1. The lowest BCUT2D eigenvalue weighted by Gasteiger charge is -2.39. The van der Waals surface area contributed by atoms with Gasteiger partial charge >= 0.3 is 12.1 Å². The van der Waals surface area contributed by atoms with E-state index in [2.05, 4.69) is 10.3 Å². The maximum absolute atomic E-state index is 12.3. The molecule has 0 unspecified atom stereocenters. The first kappa shape index (κ1) is 19.6. The van der Waals surface area contributed by atoms with Gasteiger partial charge in [0.25, 0.3) is 11.8 Å². The predicted octanol–water partition coefficient (Wildman–Crippen LogP) is 1.44. The number of carbonyl (C=O) groups excluding carboxylic acids is 4. The summed E-state index contributed by atoms with van der Waals surface area (Å²) >= 11 is 0. The highest BCUT2D eigenvalue weighted by Gasteiger charge is 2.40. The van der Waals surface area contributed by atoms with Crippen LogP contribution in [0.3, 0.4) is 0 Å². The second-order valence-electron chi connectivity index (χ2n) is 7.95. The molecule has 30 heavy (non-hydrogen) atoms. The molecule has 3 amide bonds. The summed E-state index contributed by atoms with van der Waals surface area (Å²) in [7, 11) is 0. The normalized spacial score (nSPS) is 16.4. The summed E-state index contributed by atoms with van der Waals surface area (Å²) in [5.41, 5.74) is -0.426. The molecule has 2 aromatic rings. The van der Waals surface area contributed by atoms with Crippen molar-refractivity contribution in [2.45, 2.75) is 32.4 Å². The van der Waals surface area contributed by atoms with E-state index >= 15 is 0 Å². The van der Waals surface area contributed by atoms with Crippen LogP contribution in [0.2, 0.25) is 0 Å². The molecule has 2 aliphatic rings. The molecule has 156 valence electrons. The average molecular weight is 413 g/mol. The van der Waals surface area contributed by atoms with Crippen molar-refractivity contribution in [1.29, 1.82) is 0 Å². The molecule has 1 fully saturated rings. The third kappa shape index (κ3) is 3.49. The van der Waals surface area contributed by atoms with E-state index in [0.29, 0.717) is 18.2 Å². The summed E-state index contributed by atoms with van der Waals surface area (Å²) in [5, 5.41) is 8.04. The zero-order valence-electron chi connectivity index (χ0n) is 16.6. The number of nitrogens with zero attached hydrogens (tertiary/aromatic N) is 5. The van der Waals surface area contributed by atoms with Crippen molar-refractivity contribution in [1.82, 2.24) is 25.0 Å². The van der Waals surface area contributed by atoms with Gasteiger partial charge in [0, 0.05) is 13.1 Å². The SMILES string of the molecule is CC(C)(C)OC(=O)N1CC(n2cc(C(=O)ON3C(=O)c4ccccc4C3=O)nn2)C1. The number of ether oxygens (including phenoxy) is 1. The van der Waals surface area contributed by atoms with Gasteiger partial charge in [-0.15, -0.1) is 5.10 Å². The lowest BCUT2D eigenvalue weighted by atomic mass is 10.1. The Kier molecular flexibility index (Phi) is 4.52. The molecule has 1 aromatic carbocycles. The van der Waals surface area contributed by atoms with Gasteiger partial charge in [0.1, 0.15) is 5.60 Å². The Hall–Kier alpha value is -3.76. The van der Waals surface area contributed by atoms with Gasteiger partial charge in [-0.1, -0.05) is 22.4 Å². The van der Waals surface area contributed by atoms with Gasteiger partial charge in [-0.25, -0.2) is 14.3 Å². The predicted molar refractivity (Wildman–Crippen MR) is 99.2 cm³/mol. The smallest absolute Gasteiger partial charge is 0.410 e. The number of hydrogen-bond acceptors (Lipinski definition) is 8. The van der Waals surface area contributed by atoms with Gasteiger partial charge in [-0.3, -0.25) is 9.59 Å². The third-order valence-corrected chi connectivity index (χ3v) is 4.54. The Labute approximate surface area is 171 Å². The van der Waals surface area contributed by atoms with Gasteiger partial charge in [0.2, 0.25) is 0 Å². The minimum atomic E-state index is -0.987. The number of hydrogen-bond donors (Lipinski definition) is 0. The van der Waals surface area contributed by atoms with E-state index in [0.717, 1.165) is 0 Å². The number of hydroxylamine groups is 2. The van der Waals surface area contributed by atoms with Crippen LogP contribution in [0.5, 0.6) is 0 Å². The second-order valence-corrected chi connectivity index (χ2v) is 7.95. The molecule has 1 saturated heterocycles. The van der Waals surface area contributed by atoms with E-state index in [9.17, 15) is 19.2 Å². The molecule has 0 N–H and O–H groups in total. The zero-order chi connectivity index (χ0) is 21.6. The average Bonchev–Trinajstić information content (AvgIpc) is 3.19. The summed E-state index contributed by atoms with van der Waals surface area (Å²) < 4.78 is 6.72. The largest absolute Gasteiger partial charge is 0.444 e. The van der Waals surface area contributed by atoms with Gasteiger partial charge < -0.3 is 14.5 Å². The summed E-state index contributed by atoms with van der Waals surface area (Å²) in [6, 6.07) is 6.01. The fourth-order valence-electron chi connectivity index (χ4n) is 3.03. The summed E-state index contributed by atoms with van der Waals surface area (Å²) in [6.07, 6.45) is 0.918. The van der Waals surface area contributed by atoms with Crippen LogP contribution in [0.1, 0.15) is 58.0 Å². The summed E-state index contributed by atoms with van der Waals surface area (Å²) in [5.74, 6) is -2.43. The Morgan fingerprint density at radius 3 is 2.23 bits per heavy atom. The number of carbonyl (C=O) groups is 4. The minimum Gasteiger partial charge on any atom is -0.444 e. The number of amides is 3.